The average molecular weight is 281 g/mol. The first kappa shape index (κ1) is 16.6. The molecule has 0 nitrogen and oxygen atoms in total. The minimum atomic E-state index is 0.661. The Labute approximate surface area is 124 Å². The van der Waals surface area contributed by atoms with Gasteiger partial charge in [0, 0.05) is 5.88 Å². The number of rotatable bonds is 11. The third kappa shape index (κ3) is 7.62. The van der Waals surface area contributed by atoms with Crippen molar-refractivity contribution in [3.8, 4) is 0 Å². The Hall–Kier alpha value is -0.490. The van der Waals surface area contributed by atoms with Crippen LogP contribution in [0, 0.1) is 0 Å². The molecule has 108 valence electrons. The number of hydrogen-bond donors (Lipinski definition) is 0. The van der Waals surface area contributed by atoms with Crippen LogP contribution in [0.1, 0.15) is 76.2 Å². The van der Waals surface area contributed by atoms with E-state index in [4.69, 9.17) is 11.6 Å². The average Bonchev–Trinajstić information content (AvgIpc) is 2.46. The molecule has 0 heterocycles. The minimum absolute atomic E-state index is 0.661. The number of alkyl halides is 1. The molecule has 0 spiro atoms. The fraction of sp³-hybridized carbons (Fsp3) is 0.667. The molecule has 0 N–H and O–H groups in total. The van der Waals surface area contributed by atoms with Gasteiger partial charge in [-0.2, -0.15) is 0 Å². The molecule has 0 aliphatic carbocycles. The van der Waals surface area contributed by atoms with E-state index in [0.29, 0.717) is 5.92 Å². The Balaban J connectivity index is 2.20. The summed E-state index contributed by atoms with van der Waals surface area (Å²) < 4.78 is 0. The van der Waals surface area contributed by atoms with E-state index in [9.17, 15) is 0 Å². The third-order valence-electron chi connectivity index (χ3n) is 3.88. The summed E-state index contributed by atoms with van der Waals surface area (Å²) in [5, 5.41) is 0. The van der Waals surface area contributed by atoms with Crippen LogP contribution in [-0.4, -0.2) is 5.88 Å². The van der Waals surface area contributed by atoms with Crippen LogP contribution in [0.15, 0.2) is 30.3 Å². The van der Waals surface area contributed by atoms with Crippen LogP contribution >= 0.6 is 11.6 Å². The van der Waals surface area contributed by atoms with E-state index in [0.717, 1.165) is 12.3 Å². The highest BCUT2D eigenvalue weighted by Crippen LogP contribution is 2.26. The van der Waals surface area contributed by atoms with E-state index in [2.05, 4.69) is 37.3 Å². The van der Waals surface area contributed by atoms with Crippen LogP contribution in [0.2, 0.25) is 0 Å². The van der Waals surface area contributed by atoms with E-state index in [1.54, 1.807) is 0 Å². The molecule has 0 saturated carbocycles. The highest BCUT2D eigenvalue weighted by molar-refractivity contribution is 6.17. The highest BCUT2D eigenvalue weighted by Gasteiger charge is 2.09. The molecule has 1 aromatic carbocycles. The number of hydrogen-bond acceptors (Lipinski definition) is 0. The molecule has 19 heavy (non-hydrogen) atoms. The smallest absolute Gasteiger partial charge is 0.0229 e. The second kappa shape index (κ2) is 11.3. The van der Waals surface area contributed by atoms with Crippen LogP contribution < -0.4 is 0 Å². The molecule has 0 amide bonds. The second-order valence-corrected chi connectivity index (χ2v) is 5.87. The minimum Gasteiger partial charge on any atom is -0.127 e. The van der Waals surface area contributed by atoms with Gasteiger partial charge in [0.2, 0.25) is 0 Å². The maximum absolute atomic E-state index is 5.94. The van der Waals surface area contributed by atoms with Gasteiger partial charge in [-0.1, -0.05) is 82.2 Å². The van der Waals surface area contributed by atoms with Crippen molar-refractivity contribution in [1.29, 1.82) is 0 Å². The summed E-state index contributed by atoms with van der Waals surface area (Å²) in [5.41, 5.74) is 1.47. The molecule has 0 aliphatic heterocycles. The van der Waals surface area contributed by atoms with E-state index < -0.39 is 0 Å². The van der Waals surface area contributed by atoms with E-state index >= 15 is 0 Å². The van der Waals surface area contributed by atoms with Gasteiger partial charge < -0.3 is 0 Å². The van der Waals surface area contributed by atoms with Crippen LogP contribution in [0.4, 0.5) is 0 Å². The van der Waals surface area contributed by atoms with Gasteiger partial charge >= 0.3 is 0 Å². The van der Waals surface area contributed by atoms with Crippen LogP contribution in [0.25, 0.3) is 0 Å². The van der Waals surface area contributed by atoms with Crippen LogP contribution in [-0.2, 0) is 0 Å². The molecule has 1 heteroatoms. The lowest BCUT2D eigenvalue weighted by atomic mass is 9.91. The lowest BCUT2D eigenvalue weighted by molar-refractivity contribution is 0.526. The molecule has 0 bridgehead atoms. The topological polar surface area (TPSA) is 0 Å². The Bertz CT molecular complexity index is 294. The first-order valence-corrected chi connectivity index (χ1v) is 8.52. The Kier molecular flexibility index (Phi) is 9.89. The van der Waals surface area contributed by atoms with Crippen molar-refractivity contribution >= 4 is 11.6 Å². The molecule has 0 saturated heterocycles. The Morgan fingerprint density at radius 2 is 1.47 bits per heavy atom. The van der Waals surface area contributed by atoms with Gasteiger partial charge in [-0.3, -0.25) is 0 Å². The summed E-state index contributed by atoms with van der Waals surface area (Å²) >= 11 is 5.94. The summed E-state index contributed by atoms with van der Waals surface area (Å²) in [4.78, 5) is 0. The molecule has 1 unspecified atom stereocenters. The zero-order chi connectivity index (χ0) is 13.8. The first-order valence-electron chi connectivity index (χ1n) is 7.99. The van der Waals surface area contributed by atoms with Crippen molar-refractivity contribution in [2.75, 3.05) is 5.88 Å². The van der Waals surface area contributed by atoms with Crippen molar-refractivity contribution in [3.63, 3.8) is 0 Å². The lowest BCUT2D eigenvalue weighted by Gasteiger charge is -2.16. The van der Waals surface area contributed by atoms with Gasteiger partial charge in [-0.15, -0.1) is 11.6 Å². The van der Waals surface area contributed by atoms with Gasteiger partial charge in [0.05, 0.1) is 0 Å². The number of benzene rings is 1. The van der Waals surface area contributed by atoms with Crippen molar-refractivity contribution in [2.45, 2.75) is 70.6 Å². The summed E-state index contributed by atoms with van der Waals surface area (Å²) in [6.07, 6.45) is 12.1. The molecule has 0 fully saturated rings. The Morgan fingerprint density at radius 3 is 2.11 bits per heavy atom. The maximum atomic E-state index is 5.94. The summed E-state index contributed by atoms with van der Waals surface area (Å²) in [6, 6.07) is 10.9. The molecule has 0 radical (unpaired) electrons. The summed E-state index contributed by atoms with van der Waals surface area (Å²) in [5.74, 6) is 1.44. The summed E-state index contributed by atoms with van der Waals surface area (Å²) in [7, 11) is 0. The molecular formula is C18H29Cl. The summed E-state index contributed by atoms with van der Waals surface area (Å²) in [6.45, 7) is 2.27. The fourth-order valence-electron chi connectivity index (χ4n) is 2.68. The number of halogens is 1. The van der Waals surface area contributed by atoms with Gasteiger partial charge in [0.25, 0.3) is 0 Å². The Morgan fingerprint density at radius 1 is 0.842 bits per heavy atom. The van der Waals surface area contributed by atoms with E-state index in [-0.39, 0.29) is 0 Å². The molecule has 1 aromatic rings. The van der Waals surface area contributed by atoms with Crippen molar-refractivity contribution in [2.24, 2.45) is 0 Å². The van der Waals surface area contributed by atoms with Crippen molar-refractivity contribution in [3.05, 3.63) is 35.9 Å². The largest absolute Gasteiger partial charge is 0.127 e. The molecule has 1 atom stereocenters. The lowest BCUT2D eigenvalue weighted by Crippen LogP contribution is -2.00. The van der Waals surface area contributed by atoms with E-state index in [1.807, 2.05) is 0 Å². The second-order valence-electron chi connectivity index (χ2n) is 5.50. The molecule has 1 rings (SSSR count). The standard InChI is InChI=1S/C18H29Cl/c1-2-3-4-5-6-7-9-14-18(15-16-19)17-12-10-8-11-13-17/h8,10-13,18H,2-7,9,14-16H2,1H3. The maximum Gasteiger partial charge on any atom is 0.0229 e. The van der Waals surface area contributed by atoms with Gasteiger partial charge in [0.15, 0.2) is 0 Å². The van der Waals surface area contributed by atoms with Gasteiger partial charge in [-0.25, -0.2) is 0 Å². The quantitative estimate of drug-likeness (QED) is 0.319. The highest BCUT2D eigenvalue weighted by atomic mass is 35.5. The molecule has 0 aromatic heterocycles. The van der Waals surface area contributed by atoms with Crippen LogP contribution in [0.3, 0.4) is 0 Å². The van der Waals surface area contributed by atoms with E-state index in [1.165, 1.54) is 56.9 Å². The normalized spacial score (nSPS) is 12.5. The molecular weight excluding hydrogens is 252 g/mol. The third-order valence-corrected chi connectivity index (χ3v) is 4.10. The molecule has 0 aliphatic rings. The number of unbranched alkanes of at least 4 members (excludes halogenated alkanes) is 6. The zero-order valence-corrected chi connectivity index (χ0v) is 13.2. The fourth-order valence-corrected chi connectivity index (χ4v) is 2.95. The zero-order valence-electron chi connectivity index (χ0n) is 12.4. The first-order chi connectivity index (χ1) is 9.38. The van der Waals surface area contributed by atoms with Gasteiger partial charge in [0.1, 0.15) is 0 Å². The SMILES string of the molecule is CCCCCCCCCC(CCCl)c1ccccc1. The van der Waals surface area contributed by atoms with Crippen LogP contribution in [0.5, 0.6) is 0 Å². The van der Waals surface area contributed by atoms with Crippen molar-refractivity contribution < 1.29 is 0 Å². The van der Waals surface area contributed by atoms with Crippen molar-refractivity contribution in [1.82, 2.24) is 0 Å². The predicted molar refractivity (Wildman–Crippen MR) is 87.1 cm³/mol. The monoisotopic (exact) mass is 280 g/mol. The van der Waals surface area contributed by atoms with Gasteiger partial charge in [-0.05, 0) is 24.3 Å². The predicted octanol–water partition coefficient (Wildman–Crippen LogP) is 6.54.